The Balaban J connectivity index is 1.31. The highest BCUT2D eigenvalue weighted by molar-refractivity contribution is 5.82. The number of hydrogen-bond acceptors (Lipinski definition) is 3. The van der Waals surface area contributed by atoms with Crippen LogP contribution in [0, 0.1) is 52.3 Å². The van der Waals surface area contributed by atoms with Gasteiger partial charge in [-0.25, -0.2) is 4.79 Å². The van der Waals surface area contributed by atoms with Crippen molar-refractivity contribution < 1.29 is 14.3 Å². The predicted octanol–water partition coefficient (Wildman–Crippen LogP) is 8.12. The predicted molar refractivity (Wildman–Crippen MR) is 159 cm³/mol. The van der Waals surface area contributed by atoms with Crippen molar-refractivity contribution in [2.24, 2.45) is 52.3 Å². The van der Waals surface area contributed by atoms with Gasteiger partial charge in [-0.2, -0.15) is 0 Å². The highest BCUT2D eigenvalue weighted by Gasteiger charge is 2.60. The molecule has 0 aromatic heterocycles. The first kappa shape index (κ1) is 30.7. The number of carbonyl (C=O) groups is 2. The van der Waals surface area contributed by atoms with E-state index in [0.29, 0.717) is 16.7 Å². The topological polar surface area (TPSA) is 67.4 Å². The normalized spacial score (nSPS) is 38.8. The van der Waals surface area contributed by atoms with Crippen LogP contribution in [0.3, 0.4) is 0 Å². The van der Waals surface area contributed by atoms with E-state index in [4.69, 9.17) is 4.74 Å². The van der Waals surface area contributed by atoms with Crippen LogP contribution < -0.4 is 10.6 Å². The van der Waals surface area contributed by atoms with E-state index in [9.17, 15) is 9.59 Å². The van der Waals surface area contributed by atoms with Gasteiger partial charge in [-0.3, -0.25) is 4.79 Å². The quantitative estimate of drug-likeness (QED) is 0.324. The van der Waals surface area contributed by atoms with Crippen molar-refractivity contribution in [2.45, 2.75) is 144 Å². The lowest BCUT2D eigenvalue weighted by atomic mass is 9.44. The highest BCUT2D eigenvalue weighted by atomic mass is 16.6. The van der Waals surface area contributed by atoms with E-state index in [-0.39, 0.29) is 18.5 Å². The highest BCUT2D eigenvalue weighted by Crippen LogP contribution is 2.68. The first-order valence-electron chi connectivity index (χ1n) is 16.5. The molecule has 0 spiro atoms. The minimum absolute atomic E-state index is 0.0185. The Kier molecular flexibility index (Phi) is 9.38. The van der Waals surface area contributed by atoms with Crippen LogP contribution in [-0.4, -0.2) is 30.2 Å². The molecule has 0 saturated heterocycles. The van der Waals surface area contributed by atoms with E-state index >= 15 is 0 Å². The Labute approximate surface area is 239 Å². The number of carbonyl (C=O) groups excluding carboxylic acids is 2. The summed E-state index contributed by atoms with van der Waals surface area (Å²) in [5.74, 6) is 5.89. The second-order valence-electron chi connectivity index (χ2n) is 16.1. The second kappa shape index (κ2) is 11.9. The number of rotatable bonds is 8. The summed E-state index contributed by atoms with van der Waals surface area (Å²) in [7, 11) is 0. The first-order chi connectivity index (χ1) is 18.2. The molecule has 39 heavy (non-hydrogen) atoms. The minimum Gasteiger partial charge on any atom is -0.444 e. The van der Waals surface area contributed by atoms with Gasteiger partial charge < -0.3 is 15.4 Å². The number of ether oxygens (including phenoxy) is 1. The van der Waals surface area contributed by atoms with Gasteiger partial charge in [0.2, 0.25) is 5.91 Å². The number of amides is 2. The molecule has 0 aromatic carbocycles. The second-order valence-corrected chi connectivity index (χ2v) is 16.1. The van der Waals surface area contributed by atoms with Crippen LogP contribution in [0.4, 0.5) is 4.79 Å². The molecule has 0 aromatic rings. The molecule has 4 saturated carbocycles. The van der Waals surface area contributed by atoms with E-state index < -0.39 is 11.7 Å². The van der Waals surface area contributed by atoms with Gasteiger partial charge in [-0.05, 0) is 131 Å². The number of alkyl carbamates (subject to hydrolysis) is 1. The van der Waals surface area contributed by atoms with Crippen molar-refractivity contribution >= 4 is 12.0 Å². The fraction of sp³-hybridized carbons (Fsp3) is 0.941. The van der Waals surface area contributed by atoms with E-state index in [0.717, 1.165) is 48.3 Å². The Bertz CT molecular complexity index is 865. The van der Waals surface area contributed by atoms with Crippen LogP contribution in [0.15, 0.2) is 0 Å². The van der Waals surface area contributed by atoms with Gasteiger partial charge in [0.15, 0.2) is 0 Å². The van der Waals surface area contributed by atoms with Crippen molar-refractivity contribution in [3.8, 4) is 0 Å². The van der Waals surface area contributed by atoms with Crippen LogP contribution in [0.25, 0.3) is 0 Å². The fourth-order valence-electron chi connectivity index (χ4n) is 10.2. The van der Waals surface area contributed by atoms with Crippen LogP contribution in [0.5, 0.6) is 0 Å². The standard InChI is InChI=1S/C34H60N2O3/c1-22(2)10-9-11-23(3)27-14-15-28-26-13-12-24-20-25(36-30(37)21-35-31(38)39-32(4,5)6)16-18-33(24,7)29(26)17-19-34(27,28)8/h22-29H,9-21H2,1-8H3,(H,35,38)(H,36,37)/t23-,24?,25+,26?,27-,28?,29?,33+,34-/m1/s1. The van der Waals surface area contributed by atoms with Gasteiger partial charge in [-0.15, -0.1) is 0 Å². The third-order valence-corrected chi connectivity index (χ3v) is 12.0. The van der Waals surface area contributed by atoms with Gasteiger partial charge in [0.05, 0.1) is 0 Å². The maximum atomic E-state index is 12.6. The van der Waals surface area contributed by atoms with Gasteiger partial charge in [0, 0.05) is 6.04 Å². The molecule has 0 radical (unpaired) electrons. The fourth-order valence-corrected chi connectivity index (χ4v) is 10.2. The monoisotopic (exact) mass is 544 g/mol. The van der Waals surface area contributed by atoms with E-state index in [2.05, 4.69) is 45.3 Å². The molecule has 5 nitrogen and oxygen atoms in total. The van der Waals surface area contributed by atoms with Crippen molar-refractivity contribution in [1.29, 1.82) is 0 Å². The molecule has 4 aliphatic rings. The zero-order valence-electron chi connectivity index (χ0n) is 26.5. The molecule has 0 bridgehead atoms. The van der Waals surface area contributed by atoms with Crippen LogP contribution in [0.1, 0.15) is 132 Å². The molecule has 9 atom stereocenters. The summed E-state index contributed by atoms with van der Waals surface area (Å²) in [6.45, 7) is 18.1. The van der Waals surface area contributed by atoms with E-state index in [1.54, 1.807) is 0 Å². The number of nitrogens with one attached hydrogen (secondary N) is 2. The van der Waals surface area contributed by atoms with Crippen LogP contribution >= 0.6 is 0 Å². The van der Waals surface area contributed by atoms with Crippen LogP contribution in [0.2, 0.25) is 0 Å². The smallest absolute Gasteiger partial charge is 0.408 e. The largest absolute Gasteiger partial charge is 0.444 e. The lowest BCUT2D eigenvalue weighted by Crippen LogP contribution is -2.56. The molecule has 0 heterocycles. The van der Waals surface area contributed by atoms with Gasteiger partial charge >= 0.3 is 6.09 Å². The Morgan fingerprint density at radius 1 is 0.897 bits per heavy atom. The minimum atomic E-state index is -0.561. The molecule has 4 aliphatic carbocycles. The van der Waals surface area contributed by atoms with Gasteiger partial charge in [-0.1, -0.05) is 53.9 Å². The summed E-state index contributed by atoms with van der Waals surface area (Å²) in [5, 5.41) is 5.84. The van der Waals surface area contributed by atoms with Gasteiger partial charge in [0.1, 0.15) is 12.1 Å². The van der Waals surface area contributed by atoms with E-state index in [1.807, 2.05) is 20.8 Å². The molecule has 4 unspecified atom stereocenters. The summed E-state index contributed by atoms with van der Waals surface area (Å²) < 4.78 is 5.26. The summed E-state index contributed by atoms with van der Waals surface area (Å²) in [6, 6.07) is 0.226. The number of hydrogen-bond donors (Lipinski definition) is 2. The first-order valence-corrected chi connectivity index (χ1v) is 16.5. The zero-order valence-corrected chi connectivity index (χ0v) is 26.5. The van der Waals surface area contributed by atoms with Crippen molar-refractivity contribution in [1.82, 2.24) is 10.6 Å². The molecule has 5 heteroatoms. The average molecular weight is 545 g/mol. The van der Waals surface area contributed by atoms with Gasteiger partial charge in [0.25, 0.3) is 0 Å². The Morgan fingerprint density at radius 2 is 1.59 bits per heavy atom. The third kappa shape index (κ3) is 6.80. The zero-order chi connectivity index (χ0) is 28.6. The maximum Gasteiger partial charge on any atom is 0.408 e. The molecule has 4 rings (SSSR count). The molecular formula is C34H60N2O3. The third-order valence-electron chi connectivity index (χ3n) is 12.0. The Hall–Kier alpha value is -1.26. The summed E-state index contributed by atoms with van der Waals surface area (Å²) in [4.78, 5) is 24.5. The molecular weight excluding hydrogens is 484 g/mol. The number of fused-ring (bicyclic) bond motifs is 5. The molecule has 0 aliphatic heterocycles. The summed E-state index contributed by atoms with van der Waals surface area (Å²) in [5.41, 5.74) is 0.407. The van der Waals surface area contributed by atoms with Crippen molar-refractivity contribution in [3.63, 3.8) is 0 Å². The molecule has 224 valence electrons. The lowest BCUT2D eigenvalue weighted by molar-refractivity contribution is -0.127. The Morgan fingerprint density at radius 3 is 2.28 bits per heavy atom. The van der Waals surface area contributed by atoms with Crippen molar-refractivity contribution in [3.05, 3.63) is 0 Å². The molecule has 2 amide bonds. The molecule has 2 N–H and O–H groups in total. The summed E-state index contributed by atoms with van der Waals surface area (Å²) in [6.07, 6.45) is 15.5. The molecule has 4 fully saturated rings. The average Bonchev–Trinajstić information content (AvgIpc) is 3.19. The van der Waals surface area contributed by atoms with Crippen LogP contribution in [-0.2, 0) is 9.53 Å². The van der Waals surface area contributed by atoms with E-state index in [1.165, 1.54) is 64.2 Å². The SMILES string of the molecule is CC(C)CCC[C@@H](C)[C@H]1CCC2C3CCC4C[C@@H](NC(=O)CNC(=O)OC(C)(C)C)CC[C@]4(C)C3CC[C@@]21C. The lowest BCUT2D eigenvalue weighted by Gasteiger charge is -2.61. The summed E-state index contributed by atoms with van der Waals surface area (Å²) >= 11 is 0. The maximum absolute atomic E-state index is 12.6. The van der Waals surface area contributed by atoms with Crippen molar-refractivity contribution in [2.75, 3.05) is 6.54 Å².